The molecule has 2 aromatic carbocycles. The average Bonchev–Trinajstić information content (AvgIpc) is 3.12. The summed E-state index contributed by atoms with van der Waals surface area (Å²) in [5, 5.41) is 16.5. The van der Waals surface area contributed by atoms with Crippen LogP contribution < -0.4 is 15.4 Å². The molecule has 3 rings (SSSR count). The number of benzene rings is 2. The fourth-order valence-electron chi connectivity index (χ4n) is 2.57. The summed E-state index contributed by atoms with van der Waals surface area (Å²) in [6, 6.07) is 13.6. The number of hydrogen-bond donors (Lipinski definition) is 3. The van der Waals surface area contributed by atoms with Gasteiger partial charge in [-0.2, -0.15) is 5.21 Å². The van der Waals surface area contributed by atoms with Gasteiger partial charge in [-0.3, -0.25) is 4.79 Å². The number of anilines is 2. The van der Waals surface area contributed by atoms with Gasteiger partial charge in [-0.25, -0.2) is 0 Å². The first-order valence-electron chi connectivity index (χ1n) is 8.81. The molecule has 1 amide bonds. The molecule has 0 aliphatic carbocycles. The summed E-state index contributed by atoms with van der Waals surface area (Å²) in [5.41, 5.74) is 4.41. The van der Waals surface area contributed by atoms with E-state index in [9.17, 15) is 4.79 Å². The number of hydrogen-bond acceptors (Lipinski definition) is 5. The highest BCUT2D eigenvalue weighted by Crippen LogP contribution is 2.20. The number of carbonyl (C=O) groups is 1. The normalized spacial score (nSPS) is 10.5. The largest absolute Gasteiger partial charge is 0.494 e. The van der Waals surface area contributed by atoms with Crippen LogP contribution in [0.25, 0.3) is 0 Å². The van der Waals surface area contributed by atoms with Crippen molar-refractivity contribution >= 4 is 17.4 Å². The number of aromatic nitrogens is 3. The first kappa shape index (κ1) is 18.4. The van der Waals surface area contributed by atoms with E-state index in [2.05, 4.69) is 33.0 Å². The van der Waals surface area contributed by atoms with Crippen LogP contribution in [0.15, 0.2) is 42.5 Å². The smallest absolute Gasteiger partial charge is 0.275 e. The van der Waals surface area contributed by atoms with E-state index in [1.54, 1.807) is 0 Å². The molecule has 0 fully saturated rings. The van der Waals surface area contributed by atoms with E-state index in [-0.39, 0.29) is 11.6 Å². The highest BCUT2D eigenvalue weighted by molar-refractivity contribution is 5.97. The summed E-state index contributed by atoms with van der Waals surface area (Å²) in [6.07, 6.45) is 0. The molecule has 140 valence electrons. The standard InChI is InChI=1S/C20H23N5O2/c1-4-27-17-9-6-15(7-10-17)12-21-20(26)18-19(24-25-23-18)22-16-8-5-13(2)14(3)11-16/h5-11H,4,12H2,1-3H3,(H,21,26)(H2,22,23,24,25). The Hall–Kier alpha value is -3.35. The lowest BCUT2D eigenvalue weighted by Crippen LogP contribution is -2.24. The zero-order chi connectivity index (χ0) is 19.2. The van der Waals surface area contributed by atoms with Crippen LogP contribution in [0.1, 0.15) is 34.1 Å². The van der Waals surface area contributed by atoms with Crippen LogP contribution in [0.5, 0.6) is 5.75 Å². The Morgan fingerprint density at radius 2 is 1.85 bits per heavy atom. The van der Waals surface area contributed by atoms with Crippen molar-refractivity contribution in [1.29, 1.82) is 0 Å². The molecule has 27 heavy (non-hydrogen) atoms. The van der Waals surface area contributed by atoms with Crippen molar-refractivity contribution in [2.75, 3.05) is 11.9 Å². The third-order valence-electron chi connectivity index (χ3n) is 4.22. The molecule has 0 aliphatic heterocycles. The second kappa shape index (κ2) is 8.35. The molecular weight excluding hydrogens is 342 g/mol. The molecule has 0 saturated carbocycles. The Labute approximate surface area is 158 Å². The number of nitrogens with one attached hydrogen (secondary N) is 3. The minimum Gasteiger partial charge on any atom is -0.494 e. The number of nitrogens with zero attached hydrogens (tertiary/aromatic N) is 2. The minimum atomic E-state index is -0.302. The van der Waals surface area contributed by atoms with Gasteiger partial charge < -0.3 is 15.4 Å². The van der Waals surface area contributed by atoms with Crippen LogP contribution in [0, 0.1) is 13.8 Å². The molecule has 0 bridgehead atoms. The van der Waals surface area contributed by atoms with E-state index in [0.29, 0.717) is 19.0 Å². The van der Waals surface area contributed by atoms with Gasteiger partial charge in [-0.05, 0) is 61.7 Å². The highest BCUT2D eigenvalue weighted by Gasteiger charge is 2.16. The fraction of sp³-hybridized carbons (Fsp3) is 0.250. The Morgan fingerprint density at radius 1 is 1.07 bits per heavy atom. The minimum absolute atomic E-state index is 0.221. The molecule has 0 unspecified atom stereocenters. The highest BCUT2D eigenvalue weighted by atomic mass is 16.5. The Bertz CT molecular complexity index is 918. The van der Waals surface area contributed by atoms with Crippen molar-refractivity contribution in [1.82, 2.24) is 20.7 Å². The predicted octanol–water partition coefficient (Wildman–Crippen LogP) is 3.49. The van der Waals surface area contributed by atoms with E-state index in [0.717, 1.165) is 22.6 Å². The molecular formula is C20H23N5O2. The van der Waals surface area contributed by atoms with Gasteiger partial charge in [0, 0.05) is 12.2 Å². The van der Waals surface area contributed by atoms with Crippen molar-refractivity contribution in [2.24, 2.45) is 0 Å². The van der Waals surface area contributed by atoms with Crippen molar-refractivity contribution in [3.8, 4) is 5.75 Å². The Kier molecular flexibility index (Phi) is 5.71. The van der Waals surface area contributed by atoms with Gasteiger partial charge >= 0.3 is 0 Å². The van der Waals surface area contributed by atoms with Crippen molar-refractivity contribution < 1.29 is 9.53 Å². The van der Waals surface area contributed by atoms with Gasteiger partial charge in [-0.1, -0.05) is 18.2 Å². The van der Waals surface area contributed by atoms with Crippen molar-refractivity contribution in [3.63, 3.8) is 0 Å². The van der Waals surface area contributed by atoms with Gasteiger partial charge in [0.15, 0.2) is 11.5 Å². The second-order valence-corrected chi connectivity index (χ2v) is 6.20. The Morgan fingerprint density at radius 3 is 2.56 bits per heavy atom. The van der Waals surface area contributed by atoms with Crippen molar-refractivity contribution in [2.45, 2.75) is 27.3 Å². The molecule has 1 aromatic heterocycles. The van der Waals surface area contributed by atoms with Gasteiger partial charge in [-0.15, -0.1) is 10.2 Å². The molecule has 7 nitrogen and oxygen atoms in total. The van der Waals surface area contributed by atoms with E-state index in [1.165, 1.54) is 5.56 Å². The quantitative estimate of drug-likeness (QED) is 0.596. The van der Waals surface area contributed by atoms with E-state index in [4.69, 9.17) is 4.74 Å². The van der Waals surface area contributed by atoms with Gasteiger partial charge in [0.1, 0.15) is 5.75 Å². The van der Waals surface area contributed by atoms with Gasteiger partial charge in [0.05, 0.1) is 6.61 Å². The first-order chi connectivity index (χ1) is 13.1. The number of rotatable bonds is 7. The lowest BCUT2D eigenvalue weighted by Gasteiger charge is -2.08. The van der Waals surface area contributed by atoms with Crippen LogP contribution >= 0.6 is 0 Å². The van der Waals surface area contributed by atoms with Gasteiger partial charge in [0.2, 0.25) is 0 Å². The summed E-state index contributed by atoms with van der Waals surface area (Å²) in [4.78, 5) is 12.5. The van der Waals surface area contributed by atoms with E-state index < -0.39 is 0 Å². The topological polar surface area (TPSA) is 91.9 Å². The molecule has 0 radical (unpaired) electrons. The maximum absolute atomic E-state index is 12.5. The number of carbonyl (C=O) groups excluding carboxylic acids is 1. The Balaban J connectivity index is 1.63. The van der Waals surface area contributed by atoms with Crippen LogP contribution in [-0.4, -0.2) is 27.9 Å². The average molecular weight is 365 g/mol. The van der Waals surface area contributed by atoms with Crippen LogP contribution in [0.4, 0.5) is 11.5 Å². The predicted molar refractivity (Wildman–Crippen MR) is 104 cm³/mol. The number of aromatic amines is 1. The monoisotopic (exact) mass is 365 g/mol. The zero-order valence-corrected chi connectivity index (χ0v) is 15.7. The molecule has 7 heteroatoms. The van der Waals surface area contributed by atoms with E-state index in [1.807, 2.05) is 56.3 Å². The lowest BCUT2D eigenvalue weighted by atomic mass is 10.1. The summed E-state index contributed by atoms with van der Waals surface area (Å²) in [5.74, 6) is 0.898. The van der Waals surface area contributed by atoms with Crippen LogP contribution in [0.3, 0.4) is 0 Å². The van der Waals surface area contributed by atoms with Crippen LogP contribution in [-0.2, 0) is 6.54 Å². The summed E-state index contributed by atoms with van der Waals surface area (Å²) in [7, 11) is 0. The molecule has 0 aliphatic rings. The molecule has 0 spiro atoms. The van der Waals surface area contributed by atoms with Gasteiger partial charge in [0.25, 0.3) is 5.91 Å². The fourth-order valence-corrected chi connectivity index (χ4v) is 2.57. The summed E-state index contributed by atoms with van der Waals surface area (Å²) >= 11 is 0. The zero-order valence-electron chi connectivity index (χ0n) is 15.7. The van der Waals surface area contributed by atoms with Crippen molar-refractivity contribution in [3.05, 3.63) is 64.8 Å². The molecule has 3 N–H and O–H groups in total. The first-order valence-corrected chi connectivity index (χ1v) is 8.81. The molecule has 0 saturated heterocycles. The maximum Gasteiger partial charge on any atom is 0.275 e. The van der Waals surface area contributed by atoms with E-state index >= 15 is 0 Å². The third kappa shape index (κ3) is 4.63. The summed E-state index contributed by atoms with van der Waals surface area (Å²) < 4.78 is 5.42. The molecule has 1 heterocycles. The number of H-pyrrole nitrogens is 1. The SMILES string of the molecule is CCOc1ccc(CNC(=O)c2n[nH]nc2Nc2ccc(C)c(C)c2)cc1. The second-order valence-electron chi connectivity index (χ2n) is 6.20. The maximum atomic E-state index is 12.5. The number of aryl methyl sites for hydroxylation is 2. The molecule has 3 aromatic rings. The van der Waals surface area contributed by atoms with Crippen LogP contribution in [0.2, 0.25) is 0 Å². The third-order valence-corrected chi connectivity index (χ3v) is 4.22. The number of amides is 1. The lowest BCUT2D eigenvalue weighted by molar-refractivity contribution is 0.0946. The molecule has 0 atom stereocenters. The number of ether oxygens (including phenoxy) is 1. The summed E-state index contributed by atoms with van der Waals surface area (Å²) in [6.45, 7) is 7.04.